The lowest BCUT2D eigenvalue weighted by Gasteiger charge is -2.11. The molecule has 0 fully saturated rings. The van der Waals surface area contributed by atoms with E-state index in [9.17, 15) is 26.4 Å². The molecule has 5 N–H and O–H groups in total. The average molecular weight is 468 g/mol. The monoisotopic (exact) mass is 468 g/mol. The number of hydrogen-bond acceptors (Lipinski definition) is 6. The van der Waals surface area contributed by atoms with Crippen LogP contribution in [0.4, 0.5) is 24.8 Å². The molecule has 13 heteroatoms. The number of carbonyl (C=O) groups excluding carboxylic acids is 1. The zero-order valence-electron chi connectivity index (χ0n) is 16.9. The minimum Gasteiger partial charge on any atom is -0.383 e. The highest BCUT2D eigenvalue weighted by Gasteiger charge is 2.31. The van der Waals surface area contributed by atoms with Gasteiger partial charge in [0.05, 0.1) is 10.5 Å². The highest BCUT2D eigenvalue weighted by molar-refractivity contribution is 7.92. The van der Waals surface area contributed by atoms with Crippen molar-refractivity contribution in [2.24, 2.45) is 5.73 Å². The molecular weight excluding hydrogens is 449 g/mol. The zero-order valence-corrected chi connectivity index (χ0v) is 17.7. The van der Waals surface area contributed by atoms with E-state index in [1.165, 1.54) is 28.9 Å². The summed E-state index contributed by atoms with van der Waals surface area (Å²) in [6, 6.07) is 6.34. The first-order chi connectivity index (χ1) is 14.8. The number of anilines is 2. The number of sulfonamides is 1. The maximum Gasteiger partial charge on any atom is 0.416 e. The predicted octanol–water partition coefficient (Wildman–Crippen LogP) is 3.03. The van der Waals surface area contributed by atoms with Crippen LogP contribution in [-0.4, -0.2) is 29.1 Å². The van der Waals surface area contributed by atoms with Crippen molar-refractivity contribution >= 4 is 27.6 Å². The first-order valence-electron chi connectivity index (χ1n) is 9.15. The molecule has 170 valence electrons. The number of hydrogen-bond donors (Lipinski definition) is 3. The van der Waals surface area contributed by atoms with E-state index in [4.69, 9.17) is 11.5 Å². The van der Waals surface area contributed by atoms with E-state index in [1.807, 2.05) is 4.72 Å². The summed E-state index contributed by atoms with van der Waals surface area (Å²) in [7, 11) is -4.24. The highest BCUT2D eigenvalue weighted by Crippen LogP contribution is 2.31. The van der Waals surface area contributed by atoms with Crippen LogP contribution >= 0.6 is 0 Å². The smallest absolute Gasteiger partial charge is 0.383 e. The first-order valence-corrected chi connectivity index (χ1v) is 10.6. The van der Waals surface area contributed by atoms with Crippen LogP contribution in [0, 0.1) is 0 Å². The summed E-state index contributed by atoms with van der Waals surface area (Å²) in [5.74, 6) is -1.20. The third-order valence-corrected chi connectivity index (χ3v) is 5.82. The number of amides is 1. The largest absolute Gasteiger partial charge is 0.416 e. The fraction of sp³-hybridized carbons (Fsp3) is 0.211. The van der Waals surface area contributed by atoms with Crippen molar-refractivity contribution in [3.8, 4) is 11.3 Å². The maximum atomic E-state index is 12.8. The molecule has 2 aromatic heterocycles. The second-order valence-corrected chi connectivity index (χ2v) is 8.75. The number of alkyl halides is 3. The van der Waals surface area contributed by atoms with Gasteiger partial charge in [-0.15, -0.1) is 0 Å². The van der Waals surface area contributed by atoms with Crippen LogP contribution in [0.2, 0.25) is 0 Å². The number of nitrogens with zero attached hydrogens (tertiary/aromatic N) is 3. The number of halogens is 3. The Bertz CT molecular complexity index is 1270. The molecule has 0 aliphatic carbocycles. The first kappa shape index (κ1) is 23.1. The van der Waals surface area contributed by atoms with Crippen molar-refractivity contribution in [2.75, 3.05) is 10.5 Å². The Labute approximate surface area is 181 Å². The second kappa shape index (κ2) is 8.15. The Morgan fingerprint density at radius 3 is 2.31 bits per heavy atom. The highest BCUT2D eigenvalue weighted by atomic mass is 32.2. The fourth-order valence-electron chi connectivity index (χ4n) is 2.94. The van der Waals surface area contributed by atoms with Crippen LogP contribution in [0.5, 0.6) is 0 Å². The van der Waals surface area contributed by atoms with E-state index in [-0.39, 0.29) is 28.0 Å². The number of nitrogen functional groups attached to an aromatic ring is 1. The molecule has 0 unspecified atom stereocenters. The molecule has 3 aromatic rings. The number of nitrogens with one attached hydrogen (secondary N) is 1. The van der Waals surface area contributed by atoms with Crippen LogP contribution in [0.3, 0.4) is 0 Å². The number of carbonyl (C=O) groups is 1. The molecule has 0 radical (unpaired) electrons. The normalized spacial score (nSPS) is 12.2. The molecule has 9 nitrogen and oxygen atoms in total. The minimum atomic E-state index is -4.65. The van der Waals surface area contributed by atoms with Gasteiger partial charge in [0.2, 0.25) is 0 Å². The van der Waals surface area contributed by atoms with Crippen molar-refractivity contribution in [3.05, 3.63) is 53.7 Å². The zero-order chi connectivity index (χ0) is 23.8. The van der Waals surface area contributed by atoms with Crippen molar-refractivity contribution in [1.29, 1.82) is 0 Å². The van der Waals surface area contributed by atoms with Crippen LogP contribution < -0.4 is 16.2 Å². The van der Waals surface area contributed by atoms with Crippen molar-refractivity contribution in [2.45, 2.75) is 31.0 Å². The van der Waals surface area contributed by atoms with Gasteiger partial charge in [-0.3, -0.25) is 9.52 Å². The fourth-order valence-corrected chi connectivity index (χ4v) is 3.94. The Morgan fingerprint density at radius 2 is 1.78 bits per heavy atom. The number of nitrogens with two attached hydrogens (primary N) is 2. The van der Waals surface area contributed by atoms with E-state index < -0.39 is 33.5 Å². The Balaban J connectivity index is 1.94. The molecule has 0 saturated carbocycles. The van der Waals surface area contributed by atoms with Crippen LogP contribution in [0.25, 0.3) is 11.3 Å². The Hall–Kier alpha value is -3.61. The summed E-state index contributed by atoms with van der Waals surface area (Å²) in [6.07, 6.45) is -3.80. The van der Waals surface area contributed by atoms with Gasteiger partial charge in [-0.25, -0.2) is 18.1 Å². The quantitative estimate of drug-likeness (QED) is 0.507. The molecule has 32 heavy (non-hydrogen) atoms. The van der Waals surface area contributed by atoms with Crippen molar-refractivity contribution in [3.63, 3.8) is 0 Å². The van der Waals surface area contributed by atoms with E-state index >= 15 is 0 Å². The van der Waals surface area contributed by atoms with E-state index in [2.05, 4.69) is 10.1 Å². The van der Waals surface area contributed by atoms with Crippen LogP contribution in [-0.2, 0) is 16.2 Å². The number of benzene rings is 1. The third kappa shape index (κ3) is 4.51. The molecule has 3 rings (SSSR count). The standard InChI is InChI=1S/C19H19F3N6O3S/c1-10(2)28-17(23)15(18(24)29)16(26-28)11-3-5-13(6-4-11)32(30,31)27-14-9-12(7-8-25-14)19(20,21)22/h3-10H,23H2,1-2H3,(H2,24,29)(H,25,27). The molecule has 1 amide bonds. The maximum absolute atomic E-state index is 12.8. The topological polar surface area (TPSA) is 146 Å². The van der Waals surface area contributed by atoms with E-state index in [0.29, 0.717) is 11.6 Å². The van der Waals surface area contributed by atoms with Gasteiger partial charge >= 0.3 is 6.18 Å². The van der Waals surface area contributed by atoms with Gasteiger partial charge < -0.3 is 11.5 Å². The lowest BCUT2D eigenvalue weighted by atomic mass is 10.1. The molecule has 2 heterocycles. The summed E-state index contributed by atoms with van der Waals surface area (Å²) in [5.41, 5.74) is 10.9. The second-order valence-electron chi connectivity index (χ2n) is 7.07. The molecule has 0 aliphatic rings. The number of pyridine rings is 1. The molecule has 0 saturated heterocycles. The summed E-state index contributed by atoms with van der Waals surface area (Å²) >= 11 is 0. The molecule has 0 atom stereocenters. The van der Waals surface area contributed by atoms with Crippen LogP contribution in [0.1, 0.15) is 35.8 Å². The molecule has 1 aromatic carbocycles. The molecule has 0 bridgehead atoms. The lowest BCUT2D eigenvalue weighted by molar-refractivity contribution is -0.137. The minimum absolute atomic E-state index is 0.000554. The number of primary amides is 1. The summed E-state index contributed by atoms with van der Waals surface area (Å²) in [5, 5.41) is 4.30. The van der Waals surface area contributed by atoms with Gasteiger partial charge in [0, 0.05) is 17.8 Å². The van der Waals surface area contributed by atoms with Gasteiger partial charge in [-0.2, -0.15) is 18.3 Å². The SMILES string of the molecule is CC(C)n1nc(-c2ccc(S(=O)(=O)Nc3cc(C(F)(F)F)ccn3)cc2)c(C(N)=O)c1N. The van der Waals surface area contributed by atoms with Gasteiger partial charge in [0.25, 0.3) is 15.9 Å². The summed E-state index contributed by atoms with van der Waals surface area (Å²) in [6.45, 7) is 3.61. The lowest BCUT2D eigenvalue weighted by Crippen LogP contribution is -2.15. The van der Waals surface area contributed by atoms with Crippen LogP contribution in [0.15, 0.2) is 47.5 Å². The average Bonchev–Trinajstić information content (AvgIpc) is 3.05. The summed E-state index contributed by atoms with van der Waals surface area (Å²) < 4.78 is 67.1. The van der Waals surface area contributed by atoms with Gasteiger partial charge in [0.1, 0.15) is 22.9 Å². The Kier molecular flexibility index (Phi) is 5.87. The van der Waals surface area contributed by atoms with E-state index in [0.717, 1.165) is 12.3 Å². The predicted molar refractivity (Wildman–Crippen MR) is 111 cm³/mol. The van der Waals surface area contributed by atoms with Gasteiger partial charge in [-0.1, -0.05) is 12.1 Å². The number of aromatic nitrogens is 3. The molecular formula is C19H19F3N6O3S. The third-order valence-electron chi connectivity index (χ3n) is 4.45. The van der Waals surface area contributed by atoms with Crippen molar-refractivity contribution < 1.29 is 26.4 Å². The van der Waals surface area contributed by atoms with E-state index in [1.54, 1.807) is 13.8 Å². The van der Waals surface area contributed by atoms with Gasteiger partial charge in [0.15, 0.2) is 0 Å². The number of rotatable bonds is 6. The van der Waals surface area contributed by atoms with Gasteiger partial charge in [-0.05, 0) is 38.1 Å². The van der Waals surface area contributed by atoms with Crippen molar-refractivity contribution in [1.82, 2.24) is 14.8 Å². The molecule has 0 aliphatic heterocycles. The summed E-state index contributed by atoms with van der Waals surface area (Å²) in [4.78, 5) is 15.3. The Morgan fingerprint density at radius 1 is 1.16 bits per heavy atom. The molecule has 0 spiro atoms.